The van der Waals surface area contributed by atoms with Gasteiger partial charge in [0.2, 0.25) is 0 Å². The van der Waals surface area contributed by atoms with Crippen LogP contribution in [0.1, 0.15) is 38.9 Å². The molecule has 3 N–H and O–H groups in total. The second-order valence-electron chi connectivity index (χ2n) is 4.75. The summed E-state index contributed by atoms with van der Waals surface area (Å²) in [5.74, 6) is 0.458. The molecule has 0 saturated carbocycles. The van der Waals surface area contributed by atoms with E-state index < -0.39 is 18.6 Å². The van der Waals surface area contributed by atoms with Crippen LogP contribution in [0.2, 0.25) is 0 Å². The number of nitrogens with two attached hydrogens (primary N) is 1. The van der Waals surface area contributed by atoms with E-state index in [1.807, 2.05) is 13.8 Å². The normalized spacial score (nSPS) is 14.0. The topological polar surface area (TPSA) is 55.9 Å². The van der Waals surface area contributed by atoms with Crippen LogP contribution in [0.5, 0.6) is 0 Å². The van der Waals surface area contributed by atoms with Crippen molar-refractivity contribution in [2.45, 2.75) is 52.4 Å². The third kappa shape index (κ3) is 3.54. The van der Waals surface area contributed by atoms with Crippen molar-refractivity contribution in [1.82, 2.24) is 9.78 Å². The van der Waals surface area contributed by atoms with Crippen LogP contribution in [0.3, 0.4) is 0 Å². The van der Waals surface area contributed by atoms with Gasteiger partial charge in [-0.2, -0.15) is 18.3 Å². The molecule has 0 aliphatic heterocycles. The van der Waals surface area contributed by atoms with Crippen LogP contribution in [-0.2, 0) is 0 Å². The first kappa shape index (κ1) is 14.7. The maximum atomic E-state index is 12.3. The first-order valence-corrected chi connectivity index (χ1v) is 5.79. The molecule has 1 atom stereocenters. The van der Waals surface area contributed by atoms with E-state index >= 15 is 0 Å². The van der Waals surface area contributed by atoms with Gasteiger partial charge in [0, 0.05) is 12.1 Å². The van der Waals surface area contributed by atoms with E-state index in [0.717, 1.165) is 0 Å². The van der Waals surface area contributed by atoms with Crippen LogP contribution in [0.15, 0.2) is 0 Å². The summed E-state index contributed by atoms with van der Waals surface area (Å²) in [6.45, 7) is 6.99. The minimum atomic E-state index is -4.20. The smallest absolute Gasteiger partial charge is 0.391 e. The Hall–Kier alpha value is -1.40. The van der Waals surface area contributed by atoms with Crippen molar-refractivity contribution in [3.8, 4) is 0 Å². The molecule has 0 aliphatic rings. The first-order chi connectivity index (χ1) is 8.11. The number of nitrogens with one attached hydrogen (secondary N) is 1. The Morgan fingerprint density at radius 3 is 2.33 bits per heavy atom. The van der Waals surface area contributed by atoms with Crippen LogP contribution in [-0.4, -0.2) is 22.0 Å². The molecular weight excluding hydrogens is 245 g/mol. The van der Waals surface area contributed by atoms with Gasteiger partial charge in [0.25, 0.3) is 0 Å². The lowest BCUT2D eigenvalue weighted by Crippen LogP contribution is -2.26. The third-order valence-corrected chi connectivity index (χ3v) is 2.54. The van der Waals surface area contributed by atoms with Crippen LogP contribution in [0.4, 0.5) is 24.7 Å². The summed E-state index contributed by atoms with van der Waals surface area (Å²) in [6.07, 6.45) is -5.10. The summed E-state index contributed by atoms with van der Waals surface area (Å²) < 4.78 is 38.4. The van der Waals surface area contributed by atoms with E-state index in [-0.39, 0.29) is 6.04 Å². The van der Waals surface area contributed by atoms with Gasteiger partial charge in [-0.1, -0.05) is 0 Å². The van der Waals surface area contributed by atoms with Crippen molar-refractivity contribution in [3.05, 3.63) is 5.69 Å². The summed E-state index contributed by atoms with van der Waals surface area (Å²) >= 11 is 0. The predicted octanol–water partition coefficient (Wildman–Crippen LogP) is 3.11. The highest BCUT2D eigenvalue weighted by atomic mass is 19.4. The fraction of sp³-hybridized carbons (Fsp3) is 0.727. The molecule has 0 aliphatic carbocycles. The highest BCUT2D eigenvalue weighted by molar-refractivity contribution is 5.65. The maximum Gasteiger partial charge on any atom is 0.391 e. The largest absolute Gasteiger partial charge is 0.394 e. The molecule has 0 spiro atoms. The quantitative estimate of drug-likeness (QED) is 0.878. The molecule has 0 bridgehead atoms. The molecule has 0 fully saturated rings. The van der Waals surface area contributed by atoms with E-state index in [1.165, 1.54) is 6.92 Å². The number of nitrogen functional groups attached to an aromatic ring is 1. The molecule has 7 heteroatoms. The second kappa shape index (κ2) is 5.07. The molecule has 1 unspecified atom stereocenters. The number of aromatic nitrogens is 2. The minimum absolute atomic E-state index is 0.0292. The zero-order valence-corrected chi connectivity index (χ0v) is 11.0. The Labute approximate surface area is 104 Å². The van der Waals surface area contributed by atoms with Crippen LogP contribution < -0.4 is 11.1 Å². The third-order valence-electron chi connectivity index (χ3n) is 2.54. The predicted molar refractivity (Wildman–Crippen MR) is 65.5 cm³/mol. The number of halogens is 3. The summed E-state index contributed by atoms with van der Waals surface area (Å²) in [5.41, 5.74) is 6.84. The number of nitrogens with zero attached hydrogens (tertiary/aromatic N) is 2. The van der Waals surface area contributed by atoms with Crippen LogP contribution >= 0.6 is 0 Å². The average molecular weight is 264 g/mol. The average Bonchev–Trinajstić information content (AvgIpc) is 2.43. The molecule has 0 radical (unpaired) electrons. The molecule has 1 rings (SSSR count). The van der Waals surface area contributed by atoms with Crippen molar-refractivity contribution in [3.63, 3.8) is 0 Å². The lowest BCUT2D eigenvalue weighted by atomic mass is 10.2. The molecule has 18 heavy (non-hydrogen) atoms. The zero-order chi connectivity index (χ0) is 14.1. The lowest BCUT2D eigenvalue weighted by molar-refractivity contribution is -0.136. The van der Waals surface area contributed by atoms with E-state index in [0.29, 0.717) is 17.2 Å². The Balaban J connectivity index is 2.90. The van der Waals surface area contributed by atoms with Crippen molar-refractivity contribution in [1.29, 1.82) is 0 Å². The van der Waals surface area contributed by atoms with Crippen molar-refractivity contribution < 1.29 is 13.2 Å². The summed E-state index contributed by atoms with van der Waals surface area (Å²) in [7, 11) is 0. The minimum Gasteiger partial charge on any atom is -0.394 e. The van der Waals surface area contributed by atoms with Gasteiger partial charge in [0.05, 0.1) is 17.8 Å². The van der Waals surface area contributed by atoms with Gasteiger partial charge in [-0.3, -0.25) is 0 Å². The SMILES string of the molecule is Cc1nn(C(C)C)c(NC(C)CC(F)(F)F)c1N. The fourth-order valence-electron chi connectivity index (χ4n) is 1.71. The van der Waals surface area contributed by atoms with Gasteiger partial charge in [-0.05, 0) is 27.7 Å². The van der Waals surface area contributed by atoms with Crippen molar-refractivity contribution in [2.24, 2.45) is 0 Å². The molecule has 1 aromatic heterocycles. The Kier molecular flexibility index (Phi) is 4.13. The second-order valence-corrected chi connectivity index (χ2v) is 4.75. The zero-order valence-electron chi connectivity index (χ0n) is 11.0. The Bertz CT molecular complexity index is 409. The standard InChI is InChI=1S/C11H19F3N4/c1-6(2)18-10(9(15)8(4)17-18)16-7(3)5-11(12,13)14/h6-7,16H,5,15H2,1-4H3. The maximum absolute atomic E-state index is 12.3. The van der Waals surface area contributed by atoms with Crippen molar-refractivity contribution in [2.75, 3.05) is 11.1 Å². The molecule has 4 nitrogen and oxygen atoms in total. The van der Waals surface area contributed by atoms with Gasteiger partial charge in [0.1, 0.15) is 5.82 Å². The first-order valence-electron chi connectivity index (χ1n) is 5.79. The van der Waals surface area contributed by atoms with E-state index in [2.05, 4.69) is 10.4 Å². The van der Waals surface area contributed by atoms with Crippen molar-refractivity contribution >= 4 is 11.5 Å². The van der Waals surface area contributed by atoms with E-state index in [1.54, 1.807) is 11.6 Å². The number of anilines is 2. The van der Waals surface area contributed by atoms with Crippen LogP contribution in [0.25, 0.3) is 0 Å². The van der Waals surface area contributed by atoms with E-state index in [4.69, 9.17) is 5.73 Å². The molecular formula is C11H19F3N4. The van der Waals surface area contributed by atoms with Gasteiger partial charge in [0.15, 0.2) is 0 Å². The Morgan fingerprint density at radius 1 is 1.33 bits per heavy atom. The van der Waals surface area contributed by atoms with Gasteiger partial charge in [-0.25, -0.2) is 4.68 Å². The summed E-state index contributed by atoms with van der Waals surface area (Å²) in [4.78, 5) is 0. The summed E-state index contributed by atoms with van der Waals surface area (Å²) in [6, 6.07) is -0.720. The number of aryl methyl sites for hydroxylation is 1. The molecule has 0 amide bonds. The summed E-state index contributed by atoms with van der Waals surface area (Å²) in [5, 5.41) is 7.00. The molecule has 1 heterocycles. The monoisotopic (exact) mass is 264 g/mol. The van der Waals surface area contributed by atoms with Gasteiger partial charge >= 0.3 is 6.18 Å². The van der Waals surface area contributed by atoms with Gasteiger partial charge < -0.3 is 11.1 Å². The van der Waals surface area contributed by atoms with Gasteiger partial charge in [-0.15, -0.1) is 0 Å². The van der Waals surface area contributed by atoms with E-state index in [9.17, 15) is 13.2 Å². The molecule has 0 saturated heterocycles. The number of hydrogen-bond donors (Lipinski definition) is 2. The molecule has 0 aromatic carbocycles. The number of alkyl halides is 3. The Morgan fingerprint density at radius 2 is 1.89 bits per heavy atom. The molecule has 104 valence electrons. The molecule has 1 aromatic rings. The highest BCUT2D eigenvalue weighted by Gasteiger charge is 2.30. The lowest BCUT2D eigenvalue weighted by Gasteiger charge is -2.19. The fourth-order valence-corrected chi connectivity index (χ4v) is 1.71. The van der Waals surface area contributed by atoms with Crippen LogP contribution in [0, 0.1) is 6.92 Å². The highest BCUT2D eigenvalue weighted by Crippen LogP contribution is 2.28. The number of hydrogen-bond acceptors (Lipinski definition) is 3. The number of rotatable bonds is 4.